The second-order valence-corrected chi connectivity index (χ2v) is 13.1. The number of rotatable bonds is 5. The van der Waals surface area contributed by atoms with Crippen molar-refractivity contribution < 1.29 is 0 Å². The molecule has 0 atom stereocenters. The lowest BCUT2D eigenvalue weighted by Gasteiger charge is -2.16. The van der Waals surface area contributed by atoms with Gasteiger partial charge in [-0.05, 0) is 71.8 Å². The van der Waals surface area contributed by atoms with Crippen LogP contribution in [0, 0.1) is 11.3 Å². The fourth-order valence-corrected chi connectivity index (χ4v) is 7.83. The molecule has 4 heteroatoms. The largest absolute Gasteiger partial charge is 0.309 e. The molecule has 0 spiro atoms. The van der Waals surface area contributed by atoms with Crippen molar-refractivity contribution in [3.8, 4) is 51.1 Å². The summed E-state index contributed by atoms with van der Waals surface area (Å²) in [4.78, 5) is 5.34. The van der Waals surface area contributed by atoms with Crippen molar-refractivity contribution in [1.82, 2.24) is 14.1 Å². The first-order chi connectivity index (χ1) is 25.8. The van der Waals surface area contributed by atoms with E-state index in [1.165, 1.54) is 32.6 Å². The standard InChI is InChI=1S/C48H30N4/c49-31-32-23-25-34(26-24-32)41-29-35(33-13-3-1-4-14-33)30-42(50-41)39-18-8-11-21-44(39)52-43-20-10-7-17-37(43)38-27-28-46-47(48(38)52)40-19-9-12-22-45(40)51(46)36-15-5-2-6-16-36/h1-30H. The van der Waals surface area contributed by atoms with Crippen molar-refractivity contribution in [2.75, 3.05) is 0 Å². The van der Waals surface area contributed by atoms with Crippen LogP contribution in [-0.4, -0.2) is 14.1 Å². The molecule has 0 fully saturated rings. The van der Waals surface area contributed by atoms with Gasteiger partial charge in [0.1, 0.15) is 0 Å². The van der Waals surface area contributed by atoms with Crippen LogP contribution >= 0.6 is 0 Å². The highest BCUT2D eigenvalue weighted by atomic mass is 15.0. The predicted molar refractivity (Wildman–Crippen MR) is 214 cm³/mol. The highest BCUT2D eigenvalue weighted by Crippen LogP contribution is 2.43. The molecule has 10 rings (SSSR count). The van der Waals surface area contributed by atoms with Gasteiger partial charge in [0.2, 0.25) is 0 Å². The lowest BCUT2D eigenvalue weighted by Crippen LogP contribution is -2.00. The molecule has 3 heterocycles. The molecule has 242 valence electrons. The fourth-order valence-electron chi connectivity index (χ4n) is 7.83. The van der Waals surface area contributed by atoms with Crippen LogP contribution in [0.2, 0.25) is 0 Å². The summed E-state index contributed by atoms with van der Waals surface area (Å²) in [5.41, 5.74) is 13.4. The average molecular weight is 663 g/mol. The lowest BCUT2D eigenvalue weighted by atomic mass is 9.99. The van der Waals surface area contributed by atoms with Gasteiger partial charge in [-0.15, -0.1) is 0 Å². The van der Waals surface area contributed by atoms with Gasteiger partial charge in [0.15, 0.2) is 0 Å². The Morgan fingerprint density at radius 3 is 1.85 bits per heavy atom. The van der Waals surface area contributed by atoms with E-state index in [1.807, 2.05) is 30.3 Å². The van der Waals surface area contributed by atoms with Crippen LogP contribution in [0.3, 0.4) is 0 Å². The average Bonchev–Trinajstić information content (AvgIpc) is 3.74. The minimum atomic E-state index is 0.625. The maximum absolute atomic E-state index is 9.47. The molecule has 0 radical (unpaired) electrons. The molecule has 0 aliphatic carbocycles. The Balaban J connectivity index is 1.30. The monoisotopic (exact) mass is 662 g/mol. The molecule has 0 saturated heterocycles. The Hall–Kier alpha value is -7.22. The van der Waals surface area contributed by atoms with Crippen LogP contribution in [0.25, 0.3) is 88.6 Å². The summed E-state index contributed by atoms with van der Waals surface area (Å²) in [7, 11) is 0. The molecule has 0 amide bonds. The number of hydrogen-bond acceptors (Lipinski definition) is 2. The summed E-state index contributed by atoms with van der Waals surface area (Å²) in [6.07, 6.45) is 0. The van der Waals surface area contributed by atoms with E-state index in [9.17, 15) is 5.26 Å². The van der Waals surface area contributed by atoms with Crippen LogP contribution in [0.5, 0.6) is 0 Å². The molecule has 0 saturated carbocycles. The minimum absolute atomic E-state index is 0.625. The molecule has 0 N–H and O–H groups in total. The SMILES string of the molecule is N#Cc1ccc(-c2cc(-c3ccccc3)cc(-c3ccccc3-n3c4ccccc4c4ccc5c(c6ccccc6n5-c5ccccc5)c43)n2)cc1. The van der Waals surface area contributed by atoms with Crippen molar-refractivity contribution in [3.05, 3.63) is 188 Å². The topological polar surface area (TPSA) is 46.5 Å². The van der Waals surface area contributed by atoms with Crippen molar-refractivity contribution in [2.24, 2.45) is 0 Å². The summed E-state index contributed by atoms with van der Waals surface area (Å²) in [5.74, 6) is 0. The molecule has 10 aromatic rings. The quantitative estimate of drug-likeness (QED) is 0.184. The van der Waals surface area contributed by atoms with Gasteiger partial charge in [0, 0.05) is 38.4 Å². The van der Waals surface area contributed by atoms with Crippen molar-refractivity contribution in [1.29, 1.82) is 5.26 Å². The summed E-state index contributed by atoms with van der Waals surface area (Å²) < 4.78 is 4.83. The number of para-hydroxylation sites is 4. The maximum atomic E-state index is 9.47. The minimum Gasteiger partial charge on any atom is -0.309 e. The molecular weight excluding hydrogens is 633 g/mol. The molecule has 4 nitrogen and oxygen atoms in total. The molecule has 0 bridgehead atoms. The maximum Gasteiger partial charge on any atom is 0.0991 e. The van der Waals surface area contributed by atoms with Gasteiger partial charge in [-0.1, -0.05) is 121 Å². The summed E-state index contributed by atoms with van der Waals surface area (Å²) in [6, 6.07) is 66.0. The molecule has 0 aliphatic heterocycles. The number of nitriles is 1. The van der Waals surface area contributed by atoms with Crippen LogP contribution < -0.4 is 0 Å². The zero-order chi connectivity index (χ0) is 34.6. The Morgan fingerprint density at radius 2 is 1.08 bits per heavy atom. The van der Waals surface area contributed by atoms with Gasteiger partial charge in [-0.3, -0.25) is 0 Å². The molecular formula is C48H30N4. The number of fused-ring (bicyclic) bond motifs is 7. The normalized spacial score (nSPS) is 11.4. The van der Waals surface area contributed by atoms with E-state index in [1.54, 1.807) is 0 Å². The molecule has 3 aromatic heterocycles. The highest BCUT2D eigenvalue weighted by molar-refractivity contribution is 6.26. The third-order valence-corrected chi connectivity index (χ3v) is 10.1. The van der Waals surface area contributed by atoms with Crippen molar-refractivity contribution in [2.45, 2.75) is 0 Å². The first-order valence-electron chi connectivity index (χ1n) is 17.5. The first-order valence-corrected chi connectivity index (χ1v) is 17.5. The number of pyridine rings is 1. The van der Waals surface area contributed by atoms with Gasteiger partial charge >= 0.3 is 0 Å². The van der Waals surface area contributed by atoms with Gasteiger partial charge in [0.25, 0.3) is 0 Å². The summed E-state index contributed by atoms with van der Waals surface area (Å²) in [6.45, 7) is 0. The smallest absolute Gasteiger partial charge is 0.0991 e. The molecule has 52 heavy (non-hydrogen) atoms. The molecule has 7 aromatic carbocycles. The highest BCUT2D eigenvalue weighted by Gasteiger charge is 2.22. The Morgan fingerprint density at radius 1 is 0.442 bits per heavy atom. The summed E-state index contributed by atoms with van der Waals surface area (Å²) in [5, 5.41) is 14.3. The number of nitrogens with zero attached hydrogens (tertiary/aromatic N) is 4. The predicted octanol–water partition coefficient (Wildman–Crippen LogP) is 12.1. The Labute approximate surface area is 300 Å². The first kappa shape index (κ1) is 29.7. The molecule has 0 unspecified atom stereocenters. The second kappa shape index (κ2) is 12.0. The second-order valence-electron chi connectivity index (χ2n) is 13.1. The molecule has 0 aliphatic rings. The van der Waals surface area contributed by atoms with Crippen LogP contribution in [-0.2, 0) is 0 Å². The number of aromatic nitrogens is 3. The van der Waals surface area contributed by atoms with Crippen LogP contribution in [0.15, 0.2) is 182 Å². The summed E-state index contributed by atoms with van der Waals surface area (Å²) >= 11 is 0. The number of benzene rings is 7. The lowest BCUT2D eigenvalue weighted by molar-refractivity contribution is 1.17. The van der Waals surface area contributed by atoms with Gasteiger partial charge in [-0.2, -0.15) is 5.26 Å². The van der Waals surface area contributed by atoms with E-state index in [-0.39, 0.29) is 0 Å². The van der Waals surface area contributed by atoms with Crippen molar-refractivity contribution >= 4 is 43.6 Å². The van der Waals surface area contributed by atoms with Crippen molar-refractivity contribution in [3.63, 3.8) is 0 Å². The van der Waals surface area contributed by atoms with E-state index < -0.39 is 0 Å². The van der Waals surface area contributed by atoms with E-state index in [2.05, 4.69) is 167 Å². The number of hydrogen-bond donors (Lipinski definition) is 0. The third kappa shape index (κ3) is 4.65. The zero-order valence-electron chi connectivity index (χ0n) is 28.1. The van der Waals surface area contributed by atoms with E-state index in [0.29, 0.717) is 5.56 Å². The zero-order valence-corrected chi connectivity index (χ0v) is 28.1. The van der Waals surface area contributed by atoms with E-state index >= 15 is 0 Å². The van der Waals surface area contributed by atoms with E-state index in [4.69, 9.17) is 4.98 Å². The van der Waals surface area contributed by atoms with Crippen LogP contribution in [0.4, 0.5) is 0 Å². The van der Waals surface area contributed by atoms with Gasteiger partial charge < -0.3 is 9.13 Å². The third-order valence-electron chi connectivity index (χ3n) is 10.1. The van der Waals surface area contributed by atoms with Gasteiger partial charge in [0.05, 0.1) is 50.8 Å². The Bertz CT molecular complexity index is 3000. The van der Waals surface area contributed by atoms with Gasteiger partial charge in [-0.25, -0.2) is 4.98 Å². The Kier molecular flexibility index (Phi) is 6.84. The van der Waals surface area contributed by atoms with E-state index in [0.717, 1.165) is 56.0 Å². The van der Waals surface area contributed by atoms with Crippen LogP contribution in [0.1, 0.15) is 5.56 Å². The fraction of sp³-hybridized carbons (Fsp3) is 0.